The number of hydrogen-bond acceptors (Lipinski definition) is 5. The standard InChI is InChI=1S/C30H36N4O4/c1-21-14-17-34(18-15-21)27-12-9-23(19-25(27)29(35)31-16-13-22-7-5-4-6-8-22)32-30(36)33-26-11-10-24(37-2)20-28(26)38-3/h4-12,19-21H,13-18H2,1-3H3,(H,31,35)(H2,32,33,36). The van der Waals surface area contributed by atoms with Crippen molar-refractivity contribution in [3.63, 3.8) is 0 Å². The van der Waals surface area contributed by atoms with E-state index in [-0.39, 0.29) is 5.91 Å². The molecule has 0 aliphatic carbocycles. The summed E-state index contributed by atoms with van der Waals surface area (Å²) >= 11 is 0. The lowest BCUT2D eigenvalue weighted by Crippen LogP contribution is -2.35. The first-order valence-electron chi connectivity index (χ1n) is 13.0. The van der Waals surface area contributed by atoms with Gasteiger partial charge in [-0.2, -0.15) is 0 Å². The van der Waals surface area contributed by atoms with Crippen LogP contribution >= 0.6 is 0 Å². The minimum absolute atomic E-state index is 0.157. The van der Waals surface area contributed by atoms with Crippen LogP contribution in [0.15, 0.2) is 66.7 Å². The molecule has 0 aromatic heterocycles. The maximum absolute atomic E-state index is 13.3. The van der Waals surface area contributed by atoms with E-state index >= 15 is 0 Å². The highest BCUT2D eigenvalue weighted by atomic mass is 16.5. The van der Waals surface area contributed by atoms with E-state index in [9.17, 15) is 9.59 Å². The third-order valence-electron chi connectivity index (χ3n) is 6.82. The molecule has 38 heavy (non-hydrogen) atoms. The molecule has 8 nitrogen and oxygen atoms in total. The van der Waals surface area contributed by atoms with Gasteiger partial charge >= 0.3 is 6.03 Å². The number of benzene rings is 3. The molecule has 200 valence electrons. The molecule has 8 heteroatoms. The van der Waals surface area contributed by atoms with Crippen molar-refractivity contribution in [3.05, 3.63) is 77.9 Å². The number of amides is 3. The van der Waals surface area contributed by atoms with Gasteiger partial charge in [-0.15, -0.1) is 0 Å². The Labute approximate surface area is 224 Å². The number of methoxy groups -OCH3 is 2. The Morgan fingerprint density at radius 2 is 1.68 bits per heavy atom. The van der Waals surface area contributed by atoms with Crippen LogP contribution in [0, 0.1) is 5.92 Å². The highest BCUT2D eigenvalue weighted by Crippen LogP contribution is 2.31. The highest BCUT2D eigenvalue weighted by molar-refractivity contribution is 6.04. The van der Waals surface area contributed by atoms with Crippen LogP contribution in [0.1, 0.15) is 35.7 Å². The van der Waals surface area contributed by atoms with Crippen molar-refractivity contribution in [1.82, 2.24) is 5.32 Å². The lowest BCUT2D eigenvalue weighted by atomic mass is 9.97. The molecule has 3 aromatic carbocycles. The first-order valence-corrected chi connectivity index (χ1v) is 13.0. The number of hydrogen-bond donors (Lipinski definition) is 3. The molecule has 0 radical (unpaired) electrons. The molecule has 0 atom stereocenters. The zero-order valence-corrected chi connectivity index (χ0v) is 22.3. The van der Waals surface area contributed by atoms with Crippen LogP contribution in [0.5, 0.6) is 11.5 Å². The number of carbonyl (C=O) groups excluding carboxylic acids is 2. The molecule has 0 bridgehead atoms. The van der Waals surface area contributed by atoms with E-state index < -0.39 is 6.03 Å². The van der Waals surface area contributed by atoms with Gasteiger partial charge < -0.3 is 30.3 Å². The van der Waals surface area contributed by atoms with E-state index in [0.29, 0.717) is 40.9 Å². The number of ether oxygens (including phenoxy) is 2. The van der Waals surface area contributed by atoms with Gasteiger partial charge in [-0.05, 0) is 61.1 Å². The van der Waals surface area contributed by atoms with Crippen molar-refractivity contribution >= 4 is 29.0 Å². The Bertz CT molecular complexity index is 1240. The molecular weight excluding hydrogens is 480 g/mol. The first-order chi connectivity index (χ1) is 18.5. The van der Waals surface area contributed by atoms with E-state index in [1.165, 1.54) is 12.7 Å². The third kappa shape index (κ3) is 6.97. The number of nitrogens with zero attached hydrogens (tertiary/aromatic N) is 1. The number of urea groups is 1. The lowest BCUT2D eigenvalue weighted by molar-refractivity contribution is 0.0954. The predicted molar refractivity (Wildman–Crippen MR) is 152 cm³/mol. The van der Waals surface area contributed by atoms with Crippen LogP contribution < -0.4 is 30.3 Å². The summed E-state index contributed by atoms with van der Waals surface area (Å²) in [4.78, 5) is 28.4. The number of carbonyl (C=O) groups is 2. The van der Waals surface area contributed by atoms with E-state index in [1.54, 1.807) is 31.4 Å². The van der Waals surface area contributed by atoms with Gasteiger partial charge in [-0.1, -0.05) is 37.3 Å². The largest absolute Gasteiger partial charge is 0.497 e. The van der Waals surface area contributed by atoms with E-state index in [0.717, 1.165) is 38.0 Å². The number of anilines is 3. The monoisotopic (exact) mass is 516 g/mol. The summed E-state index contributed by atoms with van der Waals surface area (Å²) in [6.45, 7) is 4.58. The lowest BCUT2D eigenvalue weighted by Gasteiger charge is -2.33. The molecule has 1 heterocycles. The summed E-state index contributed by atoms with van der Waals surface area (Å²) in [7, 11) is 3.10. The number of piperidine rings is 1. The summed E-state index contributed by atoms with van der Waals surface area (Å²) in [6.07, 6.45) is 2.91. The zero-order valence-electron chi connectivity index (χ0n) is 22.3. The Morgan fingerprint density at radius 1 is 0.921 bits per heavy atom. The topological polar surface area (TPSA) is 91.9 Å². The van der Waals surface area contributed by atoms with E-state index in [2.05, 4.69) is 27.8 Å². The second kappa shape index (κ2) is 12.9. The molecule has 1 fully saturated rings. The fraction of sp³-hybridized carbons (Fsp3) is 0.333. The fourth-order valence-corrected chi connectivity index (χ4v) is 4.57. The zero-order chi connectivity index (χ0) is 26.9. The van der Waals surface area contributed by atoms with Gasteiger partial charge in [0.05, 0.1) is 25.5 Å². The molecular formula is C30H36N4O4. The van der Waals surface area contributed by atoms with Gasteiger partial charge in [0.25, 0.3) is 5.91 Å². The molecule has 3 aromatic rings. The number of rotatable bonds is 9. The van der Waals surface area contributed by atoms with Crippen LogP contribution in [0.3, 0.4) is 0 Å². The maximum Gasteiger partial charge on any atom is 0.323 e. The fourth-order valence-electron chi connectivity index (χ4n) is 4.57. The van der Waals surface area contributed by atoms with Gasteiger partial charge in [0.15, 0.2) is 0 Å². The first kappa shape index (κ1) is 26.9. The average molecular weight is 517 g/mol. The van der Waals surface area contributed by atoms with Gasteiger partial charge in [0, 0.05) is 37.1 Å². The normalized spacial score (nSPS) is 13.5. The number of nitrogens with one attached hydrogen (secondary N) is 3. The van der Waals surface area contributed by atoms with Crippen LogP contribution in [-0.4, -0.2) is 45.8 Å². The molecule has 1 aliphatic rings. The minimum atomic E-state index is -0.441. The van der Waals surface area contributed by atoms with Crippen molar-refractivity contribution in [2.45, 2.75) is 26.2 Å². The van der Waals surface area contributed by atoms with Crippen LogP contribution in [0.25, 0.3) is 0 Å². The Balaban J connectivity index is 1.49. The van der Waals surface area contributed by atoms with Crippen molar-refractivity contribution in [1.29, 1.82) is 0 Å². The third-order valence-corrected chi connectivity index (χ3v) is 6.82. The van der Waals surface area contributed by atoms with Crippen molar-refractivity contribution in [2.24, 2.45) is 5.92 Å². The minimum Gasteiger partial charge on any atom is -0.497 e. The van der Waals surface area contributed by atoms with Gasteiger partial charge in [0.2, 0.25) is 0 Å². The van der Waals surface area contributed by atoms with Gasteiger partial charge in [-0.3, -0.25) is 4.79 Å². The summed E-state index contributed by atoms with van der Waals surface area (Å²) in [5.41, 5.74) is 3.63. The molecule has 4 rings (SSSR count). The Morgan fingerprint density at radius 3 is 2.39 bits per heavy atom. The maximum atomic E-state index is 13.3. The summed E-state index contributed by atoms with van der Waals surface area (Å²) in [6, 6.07) is 20.3. The quantitative estimate of drug-likeness (QED) is 0.347. The SMILES string of the molecule is COc1ccc(NC(=O)Nc2ccc(N3CCC(C)CC3)c(C(=O)NCCc3ccccc3)c2)c(OC)c1. The van der Waals surface area contributed by atoms with Crippen molar-refractivity contribution < 1.29 is 19.1 Å². The predicted octanol–water partition coefficient (Wildman–Crippen LogP) is 5.56. The van der Waals surface area contributed by atoms with Crippen molar-refractivity contribution in [2.75, 3.05) is 49.4 Å². The molecule has 3 N–H and O–H groups in total. The molecule has 0 saturated carbocycles. The van der Waals surface area contributed by atoms with Gasteiger partial charge in [-0.25, -0.2) is 4.79 Å². The average Bonchev–Trinajstić information content (AvgIpc) is 2.94. The van der Waals surface area contributed by atoms with Crippen LogP contribution in [0.2, 0.25) is 0 Å². The highest BCUT2D eigenvalue weighted by Gasteiger charge is 2.22. The van der Waals surface area contributed by atoms with Gasteiger partial charge in [0.1, 0.15) is 11.5 Å². The molecule has 1 saturated heterocycles. The molecule has 0 unspecified atom stereocenters. The van der Waals surface area contributed by atoms with Crippen LogP contribution in [-0.2, 0) is 6.42 Å². The smallest absolute Gasteiger partial charge is 0.323 e. The molecule has 3 amide bonds. The van der Waals surface area contributed by atoms with E-state index in [1.807, 2.05) is 42.5 Å². The summed E-state index contributed by atoms with van der Waals surface area (Å²) in [5.74, 6) is 1.62. The molecule has 0 spiro atoms. The van der Waals surface area contributed by atoms with Crippen LogP contribution in [0.4, 0.5) is 21.9 Å². The summed E-state index contributed by atoms with van der Waals surface area (Å²) in [5, 5.41) is 8.71. The van der Waals surface area contributed by atoms with E-state index in [4.69, 9.17) is 9.47 Å². The second-order valence-electron chi connectivity index (χ2n) is 9.54. The Kier molecular flexibility index (Phi) is 9.08. The molecule has 1 aliphatic heterocycles. The second-order valence-corrected chi connectivity index (χ2v) is 9.54. The van der Waals surface area contributed by atoms with Crippen molar-refractivity contribution in [3.8, 4) is 11.5 Å². The Hall–Kier alpha value is -4.20. The summed E-state index contributed by atoms with van der Waals surface area (Å²) < 4.78 is 10.6.